The molecule has 0 radical (unpaired) electrons. The van der Waals surface area contributed by atoms with E-state index in [1.165, 1.54) is 6.08 Å². The van der Waals surface area contributed by atoms with Gasteiger partial charge < -0.3 is 9.31 Å². The van der Waals surface area contributed by atoms with Crippen LogP contribution in [0.2, 0.25) is 0 Å². The van der Waals surface area contributed by atoms with Gasteiger partial charge in [0.1, 0.15) is 5.73 Å². The van der Waals surface area contributed by atoms with Crippen molar-refractivity contribution in [3.8, 4) is 0 Å². The van der Waals surface area contributed by atoms with Gasteiger partial charge in [0.2, 0.25) is 0 Å². The quantitative estimate of drug-likeness (QED) is 0.863. The molecule has 2 aliphatic rings. The van der Waals surface area contributed by atoms with Gasteiger partial charge in [0, 0.05) is 17.2 Å². The summed E-state index contributed by atoms with van der Waals surface area (Å²) < 4.78 is 25.8. The van der Waals surface area contributed by atoms with Crippen LogP contribution in [0.25, 0.3) is 6.08 Å². The Balaban J connectivity index is 1.81. The van der Waals surface area contributed by atoms with Gasteiger partial charge in [-0.1, -0.05) is 0 Å². The van der Waals surface area contributed by atoms with Crippen molar-refractivity contribution in [2.45, 2.75) is 57.7 Å². The third kappa shape index (κ3) is 2.31. The van der Waals surface area contributed by atoms with E-state index >= 15 is 0 Å². The van der Waals surface area contributed by atoms with Gasteiger partial charge in [0.25, 0.3) is 0 Å². The van der Waals surface area contributed by atoms with E-state index in [4.69, 9.17) is 9.31 Å². The predicted molar refractivity (Wildman–Crippen MR) is 75.7 cm³/mol. The standard InChI is InChI=1S/C14H20BFN2O2/c1-13(2)14(3,4)20-15(19-13)11(16)7-10-8-17-18-12(10)9-5-6-9/h7-9H,5-6H2,1-4H3,(H,17,18). The Morgan fingerprint density at radius 2 is 1.95 bits per heavy atom. The lowest BCUT2D eigenvalue weighted by atomic mass is 9.86. The number of aromatic nitrogens is 2. The minimum atomic E-state index is -0.943. The van der Waals surface area contributed by atoms with Crippen molar-refractivity contribution in [1.82, 2.24) is 10.2 Å². The minimum Gasteiger partial charge on any atom is -0.398 e. The fourth-order valence-corrected chi connectivity index (χ4v) is 2.29. The van der Waals surface area contributed by atoms with Crippen molar-refractivity contribution in [3.63, 3.8) is 0 Å². The molecule has 4 nitrogen and oxygen atoms in total. The summed E-state index contributed by atoms with van der Waals surface area (Å²) in [5.74, 6) is 0.495. The molecule has 0 unspecified atom stereocenters. The van der Waals surface area contributed by atoms with Gasteiger partial charge in [-0.3, -0.25) is 5.10 Å². The van der Waals surface area contributed by atoms with E-state index in [1.54, 1.807) is 6.20 Å². The fourth-order valence-electron chi connectivity index (χ4n) is 2.29. The maximum Gasteiger partial charge on any atom is 0.525 e. The first-order chi connectivity index (χ1) is 9.30. The molecule has 20 heavy (non-hydrogen) atoms. The average Bonchev–Trinajstić information content (AvgIpc) is 3.03. The second kappa shape index (κ2) is 4.43. The number of nitrogens with zero attached hydrogens (tertiary/aromatic N) is 1. The Hall–Kier alpha value is -1.14. The molecule has 2 heterocycles. The predicted octanol–water partition coefficient (Wildman–Crippen LogP) is 3.23. The van der Waals surface area contributed by atoms with E-state index in [9.17, 15) is 4.39 Å². The highest BCUT2D eigenvalue weighted by Crippen LogP contribution is 2.42. The maximum absolute atomic E-state index is 14.4. The smallest absolute Gasteiger partial charge is 0.398 e. The summed E-state index contributed by atoms with van der Waals surface area (Å²) in [5.41, 5.74) is 0.334. The van der Waals surface area contributed by atoms with Crippen LogP contribution in [0.3, 0.4) is 0 Å². The molecule has 108 valence electrons. The Bertz CT molecular complexity index is 533. The Morgan fingerprint density at radius 1 is 1.35 bits per heavy atom. The molecule has 1 aliphatic heterocycles. The molecular formula is C14H20BFN2O2. The van der Waals surface area contributed by atoms with Crippen molar-refractivity contribution in [3.05, 3.63) is 23.2 Å². The van der Waals surface area contributed by atoms with Crippen LogP contribution in [0.5, 0.6) is 0 Å². The monoisotopic (exact) mass is 278 g/mol. The van der Waals surface area contributed by atoms with E-state index in [-0.39, 0.29) is 0 Å². The summed E-state index contributed by atoms with van der Waals surface area (Å²) in [6.45, 7) is 7.64. The molecule has 0 atom stereocenters. The summed E-state index contributed by atoms with van der Waals surface area (Å²) in [6, 6.07) is 0. The molecule has 0 amide bonds. The number of H-pyrrole nitrogens is 1. The molecule has 0 bridgehead atoms. The number of hydrogen-bond donors (Lipinski definition) is 1. The number of rotatable bonds is 3. The van der Waals surface area contributed by atoms with Crippen LogP contribution in [-0.2, 0) is 9.31 Å². The van der Waals surface area contributed by atoms with Crippen molar-refractivity contribution in [2.75, 3.05) is 0 Å². The first-order valence-electron chi connectivity index (χ1n) is 7.06. The second-order valence-corrected chi connectivity index (χ2v) is 6.63. The highest BCUT2D eigenvalue weighted by molar-refractivity contribution is 6.54. The molecule has 1 saturated carbocycles. The molecule has 0 aromatic carbocycles. The first-order valence-corrected chi connectivity index (χ1v) is 7.06. The number of aromatic amines is 1. The molecule has 2 fully saturated rings. The molecular weight excluding hydrogens is 258 g/mol. The Labute approximate surface area is 118 Å². The third-order valence-electron chi connectivity index (χ3n) is 4.46. The zero-order valence-corrected chi connectivity index (χ0v) is 12.4. The lowest BCUT2D eigenvalue weighted by molar-refractivity contribution is 0.00578. The van der Waals surface area contributed by atoms with Gasteiger partial charge in [0.15, 0.2) is 0 Å². The second-order valence-electron chi connectivity index (χ2n) is 6.63. The fraction of sp³-hybridized carbons (Fsp3) is 0.643. The number of nitrogens with one attached hydrogen (secondary N) is 1. The van der Waals surface area contributed by atoms with Crippen LogP contribution in [0.1, 0.15) is 57.7 Å². The molecule has 1 aromatic rings. The van der Waals surface area contributed by atoms with Gasteiger partial charge in [-0.15, -0.1) is 0 Å². The van der Waals surface area contributed by atoms with Gasteiger partial charge >= 0.3 is 7.12 Å². The first kappa shape index (κ1) is 13.8. The molecule has 1 aliphatic carbocycles. The van der Waals surface area contributed by atoms with E-state index in [0.29, 0.717) is 5.92 Å². The van der Waals surface area contributed by atoms with Gasteiger partial charge in [0.05, 0.1) is 17.4 Å². The highest BCUT2D eigenvalue weighted by atomic mass is 19.1. The van der Waals surface area contributed by atoms with E-state index < -0.39 is 24.0 Å². The highest BCUT2D eigenvalue weighted by Gasteiger charge is 2.53. The summed E-state index contributed by atoms with van der Waals surface area (Å²) in [7, 11) is -0.943. The maximum atomic E-state index is 14.4. The van der Waals surface area contributed by atoms with Crippen LogP contribution in [0.4, 0.5) is 4.39 Å². The molecule has 1 saturated heterocycles. The van der Waals surface area contributed by atoms with Gasteiger partial charge in [-0.25, -0.2) is 4.39 Å². The van der Waals surface area contributed by atoms with E-state index in [2.05, 4.69) is 10.2 Å². The minimum absolute atomic E-state index is 0.410. The van der Waals surface area contributed by atoms with Crippen LogP contribution in [-0.4, -0.2) is 28.5 Å². The summed E-state index contributed by atoms with van der Waals surface area (Å²) in [6.07, 6.45) is 5.40. The topological polar surface area (TPSA) is 47.1 Å². The lowest BCUT2D eigenvalue weighted by Gasteiger charge is -2.32. The van der Waals surface area contributed by atoms with E-state index in [0.717, 1.165) is 24.1 Å². The zero-order chi connectivity index (χ0) is 14.5. The Morgan fingerprint density at radius 3 is 2.50 bits per heavy atom. The molecule has 3 rings (SSSR count). The van der Waals surface area contributed by atoms with Crippen LogP contribution >= 0.6 is 0 Å². The average molecular weight is 278 g/mol. The number of hydrogen-bond acceptors (Lipinski definition) is 3. The molecule has 6 heteroatoms. The normalized spacial score (nSPS) is 25.2. The molecule has 1 N–H and O–H groups in total. The van der Waals surface area contributed by atoms with E-state index in [1.807, 2.05) is 27.7 Å². The van der Waals surface area contributed by atoms with Crippen LogP contribution < -0.4 is 0 Å². The summed E-state index contributed by atoms with van der Waals surface area (Å²) in [4.78, 5) is 0. The molecule has 0 spiro atoms. The van der Waals surface area contributed by atoms with Gasteiger partial charge in [-0.2, -0.15) is 5.10 Å². The van der Waals surface area contributed by atoms with Crippen LogP contribution in [0.15, 0.2) is 11.9 Å². The van der Waals surface area contributed by atoms with Crippen molar-refractivity contribution in [2.24, 2.45) is 0 Å². The van der Waals surface area contributed by atoms with Crippen molar-refractivity contribution >= 4 is 13.2 Å². The molecule has 1 aromatic heterocycles. The lowest BCUT2D eigenvalue weighted by Crippen LogP contribution is -2.41. The zero-order valence-electron chi connectivity index (χ0n) is 12.4. The van der Waals surface area contributed by atoms with Crippen LogP contribution in [0, 0.1) is 0 Å². The Kier molecular flexibility index (Phi) is 3.06. The van der Waals surface area contributed by atoms with Crippen molar-refractivity contribution < 1.29 is 13.7 Å². The summed E-state index contributed by atoms with van der Waals surface area (Å²) in [5, 5.41) is 6.96. The third-order valence-corrected chi connectivity index (χ3v) is 4.46. The summed E-state index contributed by atoms with van der Waals surface area (Å²) >= 11 is 0. The van der Waals surface area contributed by atoms with Gasteiger partial charge in [-0.05, 0) is 46.6 Å². The SMILES string of the molecule is CC1(C)OB(C(F)=Cc2cn[nH]c2C2CC2)OC1(C)C. The van der Waals surface area contributed by atoms with Crippen molar-refractivity contribution in [1.29, 1.82) is 0 Å². The largest absolute Gasteiger partial charge is 0.525 e. The number of halogens is 1.